The first kappa shape index (κ1) is 19.1. The molecule has 28 heavy (non-hydrogen) atoms. The monoisotopic (exact) mass is 383 g/mol. The van der Waals surface area contributed by atoms with Crippen molar-refractivity contribution in [3.8, 4) is 0 Å². The fourth-order valence-corrected chi connectivity index (χ4v) is 4.42. The fourth-order valence-electron chi connectivity index (χ4n) is 4.42. The summed E-state index contributed by atoms with van der Waals surface area (Å²) in [4.78, 5) is 26.7. The number of hydrogen-bond acceptors (Lipinski definition) is 6. The molecule has 0 bridgehead atoms. The van der Waals surface area contributed by atoms with Crippen LogP contribution >= 0.6 is 0 Å². The average molecular weight is 383 g/mol. The summed E-state index contributed by atoms with van der Waals surface area (Å²) in [6, 6.07) is 6.31. The molecule has 1 N–H and O–H groups in total. The molecule has 2 fully saturated rings. The molecule has 2 aromatic rings. The van der Waals surface area contributed by atoms with E-state index in [0.717, 1.165) is 62.9 Å². The number of carbonyl (C=O) groups is 1. The number of piperazine rings is 1. The van der Waals surface area contributed by atoms with E-state index in [1.54, 1.807) is 18.2 Å². The van der Waals surface area contributed by atoms with Gasteiger partial charge in [0, 0.05) is 63.5 Å². The molecule has 0 aliphatic carbocycles. The van der Waals surface area contributed by atoms with Gasteiger partial charge in [-0.05, 0) is 37.5 Å². The van der Waals surface area contributed by atoms with Crippen LogP contribution in [0.5, 0.6) is 0 Å². The Hall–Kier alpha value is -2.25. The molecule has 0 spiro atoms. The number of likely N-dealkylation sites (tertiary alicyclic amines) is 1. The number of aromatic nitrogens is 2. The highest BCUT2D eigenvalue weighted by Gasteiger charge is 2.35. The number of β-amino-alcohol motifs (C(OH)–C–C–N with tert-alkyl or cyclic N) is 1. The number of aliphatic hydroxyl groups is 1. The number of hydrogen-bond donors (Lipinski definition) is 1. The molecule has 150 valence electrons. The van der Waals surface area contributed by atoms with E-state index in [1.165, 1.54) is 5.69 Å². The number of rotatable bonds is 3. The van der Waals surface area contributed by atoms with E-state index in [-0.39, 0.29) is 5.91 Å². The van der Waals surface area contributed by atoms with Gasteiger partial charge in [-0.25, -0.2) is 9.97 Å². The van der Waals surface area contributed by atoms with Crippen LogP contribution in [0.25, 0.3) is 10.9 Å². The molecule has 4 rings (SSSR count). The summed E-state index contributed by atoms with van der Waals surface area (Å²) in [7, 11) is 0. The smallest absolute Gasteiger partial charge is 0.219 e. The van der Waals surface area contributed by atoms with Crippen molar-refractivity contribution >= 4 is 22.5 Å². The zero-order chi connectivity index (χ0) is 19.6. The van der Waals surface area contributed by atoms with Gasteiger partial charge >= 0.3 is 0 Å². The normalized spacial score (nSPS) is 24.4. The van der Waals surface area contributed by atoms with Crippen molar-refractivity contribution in [3.63, 3.8) is 0 Å². The quantitative estimate of drug-likeness (QED) is 0.866. The first-order valence-corrected chi connectivity index (χ1v) is 10.2. The molecular formula is C21H29N5O2. The zero-order valence-corrected chi connectivity index (χ0v) is 16.5. The molecule has 2 saturated heterocycles. The summed E-state index contributed by atoms with van der Waals surface area (Å²) in [6.45, 7) is 7.11. The minimum absolute atomic E-state index is 0.0606. The second-order valence-corrected chi connectivity index (χ2v) is 8.15. The summed E-state index contributed by atoms with van der Waals surface area (Å²) in [6.07, 6.45) is 6.14. The van der Waals surface area contributed by atoms with Crippen LogP contribution in [0, 0.1) is 0 Å². The summed E-state index contributed by atoms with van der Waals surface area (Å²) in [5.41, 5.74) is 1.35. The van der Waals surface area contributed by atoms with Crippen LogP contribution in [0.15, 0.2) is 30.7 Å². The molecule has 7 heteroatoms. The standard InChI is InChI=1S/C21H29N5O2/c1-17(27)26-7-3-2-6-21(28,15-26)14-24-8-10-25(11-9-24)19-4-5-20-18(12-19)13-22-16-23-20/h4-5,12-13,16,28H,2-3,6-11,14-15H2,1H3. The maximum atomic E-state index is 11.8. The summed E-state index contributed by atoms with van der Waals surface area (Å²) in [5, 5.41) is 12.2. The van der Waals surface area contributed by atoms with Gasteiger partial charge in [0.25, 0.3) is 0 Å². The average Bonchev–Trinajstić information content (AvgIpc) is 2.90. The van der Waals surface area contributed by atoms with Gasteiger partial charge in [0.2, 0.25) is 5.91 Å². The van der Waals surface area contributed by atoms with E-state index in [2.05, 4.69) is 31.9 Å². The van der Waals surface area contributed by atoms with Crippen molar-refractivity contribution in [2.75, 3.05) is 50.7 Å². The van der Waals surface area contributed by atoms with Gasteiger partial charge in [-0.1, -0.05) is 0 Å². The Labute approximate surface area is 166 Å². The van der Waals surface area contributed by atoms with Gasteiger partial charge in [-0.3, -0.25) is 9.69 Å². The highest BCUT2D eigenvalue weighted by atomic mass is 16.3. The predicted octanol–water partition coefficient (Wildman–Crippen LogP) is 1.52. The second kappa shape index (κ2) is 8.01. The third-order valence-electron chi connectivity index (χ3n) is 5.99. The molecule has 0 saturated carbocycles. The molecule has 1 unspecified atom stereocenters. The Kier molecular flexibility index (Phi) is 5.46. The van der Waals surface area contributed by atoms with Gasteiger partial charge in [0.1, 0.15) is 6.33 Å². The number of carbonyl (C=O) groups excluding carboxylic acids is 1. The van der Waals surface area contributed by atoms with E-state index in [9.17, 15) is 9.90 Å². The van der Waals surface area contributed by atoms with Crippen LogP contribution in [0.3, 0.4) is 0 Å². The third-order valence-corrected chi connectivity index (χ3v) is 5.99. The van der Waals surface area contributed by atoms with Gasteiger partial charge in [-0.2, -0.15) is 0 Å². The Morgan fingerprint density at radius 1 is 1.18 bits per heavy atom. The van der Waals surface area contributed by atoms with E-state index in [4.69, 9.17) is 0 Å². The topological polar surface area (TPSA) is 72.8 Å². The Balaban J connectivity index is 1.37. The number of anilines is 1. The van der Waals surface area contributed by atoms with Crippen LogP contribution in [-0.4, -0.2) is 82.2 Å². The molecule has 3 heterocycles. The van der Waals surface area contributed by atoms with Crippen molar-refractivity contribution in [1.29, 1.82) is 0 Å². The molecule has 1 aromatic carbocycles. The maximum Gasteiger partial charge on any atom is 0.219 e. The molecule has 1 atom stereocenters. The largest absolute Gasteiger partial charge is 0.387 e. The number of amides is 1. The number of nitrogens with zero attached hydrogens (tertiary/aromatic N) is 5. The molecule has 1 aromatic heterocycles. The first-order valence-electron chi connectivity index (χ1n) is 10.2. The van der Waals surface area contributed by atoms with Crippen molar-refractivity contribution in [2.45, 2.75) is 31.8 Å². The molecule has 0 radical (unpaired) electrons. The lowest BCUT2D eigenvalue weighted by atomic mass is 9.96. The minimum atomic E-state index is -0.801. The number of fused-ring (bicyclic) bond motifs is 1. The summed E-state index contributed by atoms with van der Waals surface area (Å²) in [5.74, 6) is 0.0606. The Morgan fingerprint density at radius 2 is 2.00 bits per heavy atom. The summed E-state index contributed by atoms with van der Waals surface area (Å²) >= 11 is 0. The van der Waals surface area contributed by atoms with Crippen LogP contribution in [0.1, 0.15) is 26.2 Å². The zero-order valence-electron chi connectivity index (χ0n) is 16.5. The van der Waals surface area contributed by atoms with Crippen LogP contribution in [-0.2, 0) is 4.79 Å². The Morgan fingerprint density at radius 3 is 2.79 bits per heavy atom. The van der Waals surface area contributed by atoms with E-state index in [1.807, 2.05) is 12.3 Å². The van der Waals surface area contributed by atoms with Crippen molar-refractivity contribution in [2.24, 2.45) is 0 Å². The van der Waals surface area contributed by atoms with Gasteiger partial charge < -0.3 is 14.9 Å². The van der Waals surface area contributed by atoms with Crippen LogP contribution < -0.4 is 4.90 Å². The third kappa shape index (κ3) is 4.25. The number of benzene rings is 1. The van der Waals surface area contributed by atoms with E-state index >= 15 is 0 Å². The van der Waals surface area contributed by atoms with Gasteiger partial charge in [0.15, 0.2) is 0 Å². The van der Waals surface area contributed by atoms with Crippen LogP contribution in [0.4, 0.5) is 5.69 Å². The lowest BCUT2D eigenvalue weighted by Gasteiger charge is -2.41. The van der Waals surface area contributed by atoms with Crippen molar-refractivity contribution in [1.82, 2.24) is 19.8 Å². The maximum absolute atomic E-state index is 11.8. The van der Waals surface area contributed by atoms with Crippen molar-refractivity contribution in [3.05, 3.63) is 30.7 Å². The van der Waals surface area contributed by atoms with Crippen molar-refractivity contribution < 1.29 is 9.90 Å². The first-order chi connectivity index (χ1) is 13.5. The fraction of sp³-hybridized carbons (Fsp3) is 0.571. The van der Waals surface area contributed by atoms with Crippen LogP contribution in [0.2, 0.25) is 0 Å². The second-order valence-electron chi connectivity index (χ2n) is 8.15. The Bertz CT molecular complexity index is 836. The lowest BCUT2D eigenvalue weighted by molar-refractivity contribution is -0.132. The summed E-state index contributed by atoms with van der Waals surface area (Å²) < 4.78 is 0. The molecular weight excluding hydrogens is 354 g/mol. The highest BCUT2D eigenvalue weighted by Crippen LogP contribution is 2.25. The molecule has 2 aliphatic heterocycles. The minimum Gasteiger partial charge on any atom is -0.387 e. The van der Waals surface area contributed by atoms with E-state index < -0.39 is 5.60 Å². The van der Waals surface area contributed by atoms with Gasteiger partial charge in [0.05, 0.1) is 17.7 Å². The highest BCUT2D eigenvalue weighted by molar-refractivity contribution is 5.81. The van der Waals surface area contributed by atoms with E-state index in [0.29, 0.717) is 13.1 Å². The van der Waals surface area contributed by atoms with Gasteiger partial charge in [-0.15, -0.1) is 0 Å². The molecule has 1 amide bonds. The molecule has 7 nitrogen and oxygen atoms in total. The lowest BCUT2D eigenvalue weighted by Crippen LogP contribution is -2.55. The molecule has 2 aliphatic rings. The predicted molar refractivity (Wildman–Crippen MR) is 109 cm³/mol. The SMILES string of the molecule is CC(=O)N1CCCCC(O)(CN2CCN(c3ccc4ncncc4c3)CC2)C1.